The molecule has 5 rings (SSSR count). The molecule has 3 heterocycles. The summed E-state index contributed by atoms with van der Waals surface area (Å²) in [5, 5.41) is 12.9. The molecule has 3 aromatic heterocycles. The van der Waals surface area contributed by atoms with Crippen molar-refractivity contribution >= 4 is 22.8 Å². The third-order valence-corrected chi connectivity index (χ3v) is 5.97. The number of hydrogen-bond donors (Lipinski definition) is 1. The average Bonchev–Trinajstić information content (AvgIpc) is 3.39. The van der Waals surface area contributed by atoms with Crippen molar-refractivity contribution in [1.82, 2.24) is 29.5 Å². The highest BCUT2D eigenvalue weighted by Gasteiger charge is 2.19. The lowest BCUT2D eigenvalue weighted by atomic mass is 10.1. The van der Waals surface area contributed by atoms with Gasteiger partial charge >= 0.3 is 0 Å². The zero-order valence-electron chi connectivity index (χ0n) is 19.8. The predicted molar refractivity (Wildman–Crippen MR) is 132 cm³/mol. The van der Waals surface area contributed by atoms with E-state index < -0.39 is 0 Å². The van der Waals surface area contributed by atoms with Crippen LogP contribution in [0.5, 0.6) is 0 Å². The summed E-state index contributed by atoms with van der Waals surface area (Å²) in [6.45, 7) is 10.0. The Kier molecular flexibility index (Phi) is 5.20. The highest BCUT2D eigenvalue weighted by atomic mass is 16.1. The summed E-state index contributed by atoms with van der Waals surface area (Å²) in [6.07, 6.45) is 3.22. The van der Waals surface area contributed by atoms with Crippen LogP contribution in [0.25, 0.3) is 22.5 Å². The van der Waals surface area contributed by atoms with Crippen LogP contribution in [-0.2, 0) is 0 Å². The maximum absolute atomic E-state index is 13.0. The third kappa shape index (κ3) is 3.73. The van der Waals surface area contributed by atoms with Gasteiger partial charge in [-0.25, -0.2) is 14.6 Å². The fourth-order valence-corrected chi connectivity index (χ4v) is 4.04. The fourth-order valence-electron chi connectivity index (χ4n) is 4.04. The van der Waals surface area contributed by atoms with E-state index in [1.54, 1.807) is 15.6 Å². The smallest absolute Gasteiger partial charge is 0.256 e. The lowest BCUT2D eigenvalue weighted by molar-refractivity contribution is 0.102. The van der Waals surface area contributed by atoms with Gasteiger partial charge in [0.2, 0.25) is 0 Å². The zero-order chi connectivity index (χ0) is 24.0. The van der Waals surface area contributed by atoms with E-state index in [4.69, 9.17) is 0 Å². The van der Waals surface area contributed by atoms with Crippen molar-refractivity contribution in [3.63, 3.8) is 0 Å². The minimum atomic E-state index is -0.208. The number of nitrogens with one attached hydrogen (secondary N) is 1. The minimum absolute atomic E-state index is 0.208. The highest BCUT2D eigenvalue weighted by molar-refractivity contribution is 6.04. The maximum atomic E-state index is 13.0. The molecule has 2 aromatic carbocycles. The first-order chi connectivity index (χ1) is 16.3. The summed E-state index contributed by atoms with van der Waals surface area (Å²) in [5.74, 6) is 0.866. The Hall–Kier alpha value is -4.33. The number of nitrogens with zero attached hydrogens (tertiary/aromatic N) is 6. The lowest BCUT2D eigenvalue weighted by Gasteiger charge is -2.11. The molecule has 0 aliphatic rings. The van der Waals surface area contributed by atoms with Gasteiger partial charge in [-0.3, -0.25) is 4.79 Å². The van der Waals surface area contributed by atoms with Crippen LogP contribution in [0.1, 0.15) is 38.3 Å². The van der Waals surface area contributed by atoms with Crippen LogP contribution >= 0.6 is 0 Å². The van der Waals surface area contributed by atoms with E-state index >= 15 is 0 Å². The molecule has 0 spiro atoms. The molecule has 0 unspecified atom stereocenters. The van der Waals surface area contributed by atoms with Gasteiger partial charge in [0.1, 0.15) is 12.1 Å². The minimum Gasteiger partial charge on any atom is -0.306 e. The summed E-state index contributed by atoms with van der Waals surface area (Å²) in [5.41, 5.74) is 7.44. The zero-order valence-corrected chi connectivity index (χ0v) is 19.8. The first-order valence-electron chi connectivity index (χ1n) is 11.0. The van der Waals surface area contributed by atoms with Gasteiger partial charge in [0.05, 0.1) is 23.0 Å². The van der Waals surface area contributed by atoms with Gasteiger partial charge in [-0.15, -0.1) is 0 Å². The topological polar surface area (TPSA) is 90.5 Å². The molecule has 0 atom stereocenters. The van der Waals surface area contributed by atoms with Crippen molar-refractivity contribution in [3.8, 4) is 11.5 Å². The normalized spacial score (nSPS) is 11.2. The van der Waals surface area contributed by atoms with E-state index in [2.05, 4.69) is 51.5 Å². The number of fused-ring (bicyclic) bond motifs is 1. The van der Waals surface area contributed by atoms with E-state index in [0.29, 0.717) is 22.8 Å². The van der Waals surface area contributed by atoms with Crippen LogP contribution < -0.4 is 5.32 Å². The van der Waals surface area contributed by atoms with Gasteiger partial charge in [0.25, 0.3) is 5.91 Å². The molecule has 0 bridgehead atoms. The van der Waals surface area contributed by atoms with Gasteiger partial charge < -0.3 is 5.32 Å². The molecule has 0 fully saturated rings. The summed E-state index contributed by atoms with van der Waals surface area (Å²) in [6, 6.07) is 13.7. The van der Waals surface area contributed by atoms with E-state index in [1.807, 2.05) is 51.1 Å². The molecule has 1 N–H and O–H groups in total. The number of anilines is 1. The van der Waals surface area contributed by atoms with E-state index in [9.17, 15) is 4.79 Å². The molecule has 0 saturated carbocycles. The Bertz CT molecular complexity index is 1560. The van der Waals surface area contributed by atoms with Gasteiger partial charge in [-0.2, -0.15) is 14.9 Å². The summed E-state index contributed by atoms with van der Waals surface area (Å²) < 4.78 is 3.44. The molecule has 0 saturated heterocycles. The van der Waals surface area contributed by atoms with Crippen LogP contribution in [0.15, 0.2) is 55.0 Å². The molecule has 0 radical (unpaired) electrons. The molecule has 8 heteroatoms. The fraction of sp³-hybridized carbons (Fsp3) is 0.192. The number of carbonyl (C=O) groups excluding carboxylic acids is 1. The Morgan fingerprint density at radius 2 is 1.68 bits per heavy atom. The van der Waals surface area contributed by atoms with Gasteiger partial charge in [0, 0.05) is 11.6 Å². The van der Waals surface area contributed by atoms with Crippen LogP contribution in [-0.4, -0.2) is 35.4 Å². The quantitative estimate of drug-likeness (QED) is 0.424. The van der Waals surface area contributed by atoms with Crippen molar-refractivity contribution in [2.45, 2.75) is 34.6 Å². The Morgan fingerprint density at radius 3 is 2.44 bits per heavy atom. The van der Waals surface area contributed by atoms with Crippen LogP contribution in [0, 0.1) is 34.6 Å². The average molecular weight is 452 g/mol. The second-order valence-electron chi connectivity index (χ2n) is 8.62. The number of hydrogen-bond acceptors (Lipinski definition) is 5. The Labute approximate surface area is 197 Å². The number of carbonyl (C=O) groups is 1. The number of amides is 1. The van der Waals surface area contributed by atoms with Crippen LogP contribution in [0.4, 0.5) is 5.82 Å². The maximum Gasteiger partial charge on any atom is 0.256 e. The standard InChI is InChI=1S/C26H25N7O/c1-15-6-9-22(18(4)10-15)32-24-21(13-29-32)25(28-14-27-24)33-23(12-19(5)31-33)30-26(34)20-8-7-16(2)17(3)11-20/h6-14H,1-5H3,(H,30,34). The van der Waals surface area contributed by atoms with E-state index in [0.717, 1.165) is 33.5 Å². The third-order valence-electron chi connectivity index (χ3n) is 5.97. The van der Waals surface area contributed by atoms with E-state index in [1.165, 1.54) is 11.9 Å². The Balaban J connectivity index is 1.57. The van der Waals surface area contributed by atoms with Crippen molar-refractivity contribution < 1.29 is 4.79 Å². The molecule has 0 aliphatic heterocycles. The SMILES string of the molecule is Cc1ccc(-n2ncc3c(-n4nc(C)cc4NC(=O)c4ccc(C)c(C)c4)ncnc32)c(C)c1. The number of rotatable bonds is 4. The van der Waals surface area contributed by atoms with Crippen LogP contribution in [0.3, 0.4) is 0 Å². The van der Waals surface area contributed by atoms with Crippen molar-refractivity contribution in [1.29, 1.82) is 0 Å². The molecule has 8 nitrogen and oxygen atoms in total. The summed E-state index contributed by atoms with van der Waals surface area (Å²) >= 11 is 0. The van der Waals surface area contributed by atoms with Crippen molar-refractivity contribution in [3.05, 3.63) is 88.5 Å². The van der Waals surface area contributed by atoms with Crippen molar-refractivity contribution in [2.24, 2.45) is 0 Å². The lowest BCUT2D eigenvalue weighted by Crippen LogP contribution is -2.16. The monoisotopic (exact) mass is 451 g/mol. The Morgan fingerprint density at radius 1 is 0.853 bits per heavy atom. The number of aryl methyl sites for hydroxylation is 5. The molecule has 0 aliphatic carbocycles. The molecule has 1 amide bonds. The molecule has 34 heavy (non-hydrogen) atoms. The second-order valence-corrected chi connectivity index (χ2v) is 8.62. The summed E-state index contributed by atoms with van der Waals surface area (Å²) in [7, 11) is 0. The molecular weight excluding hydrogens is 426 g/mol. The first kappa shape index (κ1) is 21.5. The van der Waals surface area contributed by atoms with E-state index in [-0.39, 0.29) is 5.91 Å². The second kappa shape index (κ2) is 8.22. The van der Waals surface area contributed by atoms with Gasteiger partial charge in [-0.1, -0.05) is 23.8 Å². The largest absolute Gasteiger partial charge is 0.306 e. The summed E-state index contributed by atoms with van der Waals surface area (Å²) in [4.78, 5) is 22.0. The number of benzene rings is 2. The highest BCUT2D eigenvalue weighted by Crippen LogP contribution is 2.26. The van der Waals surface area contributed by atoms with Gasteiger partial charge in [-0.05, 0) is 69.5 Å². The number of aromatic nitrogens is 6. The molecule has 170 valence electrons. The molecule has 5 aromatic rings. The predicted octanol–water partition coefficient (Wildman–Crippen LogP) is 4.80. The first-order valence-corrected chi connectivity index (χ1v) is 11.0. The van der Waals surface area contributed by atoms with Crippen LogP contribution in [0.2, 0.25) is 0 Å². The molecular formula is C26H25N7O. The van der Waals surface area contributed by atoms with Gasteiger partial charge in [0.15, 0.2) is 11.5 Å². The van der Waals surface area contributed by atoms with Crippen molar-refractivity contribution in [2.75, 3.05) is 5.32 Å².